The smallest absolute Gasteiger partial charge is 0.339 e. The molecule has 3 rings (SSSR count). The van der Waals surface area contributed by atoms with Gasteiger partial charge in [-0.05, 0) is 31.9 Å². The molecule has 0 aliphatic carbocycles. The van der Waals surface area contributed by atoms with Crippen molar-refractivity contribution in [2.75, 3.05) is 39.8 Å². The van der Waals surface area contributed by atoms with E-state index < -0.39 is 5.97 Å². The summed E-state index contributed by atoms with van der Waals surface area (Å²) in [5.74, 6) is -0.391. The van der Waals surface area contributed by atoms with Crippen LogP contribution >= 0.6 is 0 Å². The van der Waals surface area contributed by atoms with Crippen LogP contribution in [-0.4, -0.2) is 66.4 Å². The lowest BCUT2D eigenvalue weighted by atomic mass is 10.1. The number of ether oxygens (including phenoxy) is 1. The van der Waals surface area contributed by atoms with E-state index in [2.05, 4.69) is 46.0 Å². The van der Waals surface area contributed by atoms with Crippen LogP contribution in [0, 0.1) is 20.8 Å². The summed E-state index contributed by atoms with van der Waals surface area (Å²) in [5, 5.41) is 0. The van der Waals surface area contributed by atoms with Gasteiger partial charge in [0.15, 0.2) is 5.78 Å². The SMILES string of the molecule is COC(=O)c1c(C)[nH]c(C(=O)CN2CCN(Cc3cccc(C)c3)CC2)c1C. The van der Waals surface area contributed by atoms with Crippen molar-refractivity contribution in [3.05, 3.63) is 57.9 Å². The fraction of sp³-hybridized carbons (Fsp3) is 0.455. The Bertz CT molecular complexity index is 864. The zero-order valence-corrected chi connectivity index (χ0v) is 17.2. The second-order valence-corrected chi connectivity index (χ2v) is 7.58. The number of methoxy groups -OCH3 is 1. The van der Waals surface area contributed by atoms with Crippen molar-refractivity contribution < 1.29 is 14.3 Å². The van der Waals surface area contributed by atoms with Crippen LogP contribution in [0.4, 0.5) is 0 Å². The normalized spacial score (nSPS) is 15.6. The Morgan fingerprint density at radius 3 is 2.39 bits per heavy atom. The molecule has 1 aliphatic heterocycles. The number of esters is 1. The number of nitrogens with zero attached hydrogens (tertiary/aromatic N) is 2. The van der Waals surface area contributed by atoms with E-state index in [4.69, 9.17) is 4.74 Å². The maximum Gasteiger partial charge on any atom is 0.339 e. The van der Waals surface area contributed by atoms with Crippen LogP contribution in [0.3, 0.4) is 0 Å². The number of carbonyl (C=O) groups is 2. The summed E-state index contributed by atoms with van der Waals surface area (Å²) in [6, 6.07) is 8.61. The Balaban J connectivity index is 1.56. The molecule has 1 aliphatic rings. The van der Waals surface area contributed by atoms with Gasteiger partial charge in [-0.25, -0.2) is 4.79 Å². The summed E-state index contributed by atoms with van der Waals surface area (Å²) in [4.78, 5) is 32.4. The lowest BCUT2D eigenvalue weighted by Crippen LogP contribution is -2.47. The van der Waals surface area contributed by atoms with Gasteiger partial charge < -0.3 is 9.72 Å². The molecule has 0 bridgehead atoms. The quantitative estimate of drug-likeness (QED) is 0.614. The van der Waals surface area contributed by atoms with Crippen LogP contribution in [0.5, 0.6) is 0 Å². The molecule has 0 radical (unpaired) electrons. The number of Topliss-reactive ketones (excluding diaryl/α,β-unsaturated/α-hetero) is 1. The van der Waals surface area contributed by atoms with Crippen LogP contribution in [0.15, 0.2) is 24.3 Å². The highest BCUT2D eigenvalue weighted by molar-refractivity contribution is 6.02. The molecule has 0 spiro atoms. The summed E-state index contributed by atoms with van der Waals surface area (Å²) in [7, 11) is 1.35. The van der Waals surface area contributed by atoms with E-state index in [0.717, 1.165) is 32.7 Å². The molecule has 28 heavy (non-hydrogen) atoms. The number of benzene rings is 1. The molecule has 1 fully saturated rings. The molecule has 1 N–H and O–H groups in total. The molecule has 0 unspecified atom stereocenters. The van der Waals surface area contributed by atoms with Crippen LogP contribution in [0.2, 0.25) is 0 Å². The van der Waals surface area contributed by atoms with Gasteiger partial charge in [0.2, 0.25) is 0 Å². The van der Waals surface area contributed by atoms with Gasteiger partial charge >= 0.3 is 5.97 Å². The fourth-order valence-corrected chi connectivity index (χ4v) is 3.89. The molecule has 6 nitrogen and oxygen atoms in total. The number of carbonyl (C=O) groups excluding carboxylic acids is 2. The summed E-state index contributed by atoms with van der Waals surface area (Å²) in [6.07, 6.45) is 0. The number of aromatic nitrogens is 1. The van der Waals surface area contributed by atoms with Crippen molar-refractivity contribution in [1.29, 1.82) is 0 Å². The van der Waals surface area contributed by atoms with Gasteiger partial charge in [0.25, 0.3) is 0 Å². The van der Waals surface area contributed by atoms with Crippen molar-refractivity contribution in [2.45, 2.75) is 27.3 Å². The number of nitrogens with one attached hydrogen (secondary N) is 1. The maximum absolute atomic E-state index is 12.8. The Hall–Kier alpha value is -2.44. The monoisotopic (exact) mass is 383 g/mol. The van der Waals surface area contributed by atoms with Gasteiger partial charge in [0.1, 0.15) is 0 Å². The van der Waals surface area contributed by atoms with Crippen LogP contribution in [0.1, 0.15) is 43.2 Å². The number of H-pyrrole nitrogens is 1. The maximum atomic E-state index is 12.8. The third kappa shape index (κ3) is 4.51. The largest absolute Gasteiger partial charge is 0.465 e. The van der Waals surface area contributed by atoms with E-state index in [0.29, 0.717) is 29.1 Å². The first-order valence-corrected chi connectivity index (χ1v) is 9.70. The van der Waals surface area contributed by atoms with Gasteiger partial charge in [0.05, 0.1) is 24.9 Å². The van der Waals surface area contributed by atoms with Crippen LogP contribution in [0.25, 0.3) is 0 Å². The van der Waals surface area contributed by atoms with Gasteiger partial charge in [0, 0.05) is 38.4 Å². The zero-order valence-electron chi connectivity index (χ0n) is 17.2. The predicted molar refractivity (Wildman–Crippen MR) is 109 cm³/mol. The molecule has 0 saturated carbocycles. The topological polar surface area (TPSA) is 65.6 Å². The molecule has 1 saturated heterocycles. The molecule has 2 heterocycles. The first kappa shape index (κ1) is 20.3. The van der Waals surface area contributed by atoms with Crippen LogP contribution < -0.4 is 0 Å². The summed E-state index contributed by atoms with van der Waals surface area (Å²) in [6.45, 7) is 10.6. The lowest BCUT2D eigenvalue weighted by Gasteiger charge is -2.34. The van der Waals surface area contributed by atoms with E-state index in [1.165, 1.54) is 18.2 Å². The van der Waals surface area contributed by atoms with Crippen molar-refractivity contribution in [2.24, 2.45) is 0 Å². The minimum absolute atomic E-state index is 0.0166. The van der Waals surface area contributed by atoms with Crippen molar-refractivity contribution >= 4 is 11.8 Å². The van der Waals surface area contributed by atoms with E-state index in [1.54, 1.807) is 13.8 Å². The lowest BCUT2D eigenvalue weighted by molar-refractivity contribution is 0.0599. The molecular formula is C22H29N3O3. The minimum atomic E-state index is -0.407. The molecule has 2 aromatic rings. The van der Waals surface area contributed by atoms with Crippen molar-refractivity contribution in [3.8, 4) is 0 Å². The highest BCUT2D eigenvalue weighted by Crippen LogP contribution is 2.20. The summed E-state index contributed by atoms with van der Waals surface area (Å²) in [5.41, 5.74) is 4.94. The third-order valence-electron chi connectivity index (χ3n) is 5.43. The molecule has 0 atom stereocenters. The molecule has 6 heteroatoms. The third-order valence-corrected chi connectivity index (χ3v) is 5.43. The van der Waals surface area contributed by atoms with E-state index in [1.807, 2.05) is 0 Å². The number of hydrogen-bond donors (Lipinski definition) is 1. The first-order chi connectivity index (χ1) is 13.4. The fourth-order valence-electron chi connectivity index (χ4n) is 3.89. The Labute approximate surface area is 166 Å². The average molecular weight is 383 g/mol. The van der Waals surface area contributed by atoms with E-state index in [-0.39, 0.29) is 5.78 Å². The standard InChI is InChI=1S/C22H29N3O3/c1-15-6-5-7-18(12-15)13-24-8-10-25(11-9-24)14-19(26)21-16(2)20(17(3)23-21)22(27)28-4/h5-7,12,23H,8-11,13-14H2,1-4H3. The molecule has 1 aromatic heterocycles. The van der Waals surface area contributed by atoms with Gasteiger partial charge in [-0.1, -0.05) is 29.8 Å². The number of piperazine rings is 1. The van der Waals surface area contributed by atoms with Gasteiger partial charge in [-0.3, -0.25) is 14.6 Å². The second kappa shape index (κ2) is 8.71. The van der Waals surface area contributed by atoms with E-state index >= 15 is 0 Å². The van der Waals surface area contributed by atoms with Crippen LogP contribution in [-0.2, 0) is 11.3 Å². The highest BCUT2D eigenvalue weighted by Gasteiger charge is 2.25. The molecular weight excluding hydrogens is 354 g/mol. The van der Waals surface area contributed by atoms with E-state index in [9.17, 15) is 9.59 Å². The minimum Gasteiger partial charge on any atom is -0.465 e. The molecule has 0 amide bonds. The highest BCUT2D eigenvalue weighted by atomic mass is 16.5. The number of aromatic amines is 1. The predicted octanol–water partition coefficient (Wildman–Crippen LogP) is 2.73. The zero-order chi connectivity index (χ0) is 20.3. The number of hydrogen-bond acceptors (Lipinski definition) is 5. The average Bonchev–Trinajstić information content (AvgIpc) is 2.97. The Morgan fingerprint density at radius 2 is 1.75 bits per heavy atom. The second-order valence-electron chi connectivity index (χ2n) is 7.58. The number of rotatable bonds is 6. The summed E-state index contributed by atoms with van der Waals surface area (Å²) < 4.78 is 4.82. The van der Waals surface area contributed by atoms with Crippen molar-refractivity contribution in [1.82, 2.24) is 14.8 Å². The molecule has 1 aromatic carbocycles. The summed E-state index contributed by atoms with van der Waals surface area (Å²) >= 11 is 0. The van der Waals surface area contributed by atoms with Gasteiger partial charge in [-0.15, -0.1) is 0 Å². The number of aryl methyl sites for hydroxylation is 2. The molecule has 150 valence electrons. The Kier molecular flexibility index (Phi) is 6.31. The first-order valence-electron chi connectivity index (χ1n) is 9.70. The van der Waals surface area contributed by atoms with Crippen molar-refractivity contribution in [3.63, 3.8) is 0 Å². The Morgan fingerprint density at radius 1 is 1.07 bits per heavy atom. The number of ketones is 1. The van der Waals surface area contributed by atoms with Gasteiger partial charge in [-0.2, -0.15) is 0 Å².